The van der Waals surface area contributed by atoms with Gasteiger partial charge in [0.05, 0.1) is 0 Å². The Morgan fingerprint density at radius 1 is 1.11 bits per heavy atom. The number of hydrogen-bond acceptors (Lipinski definition) is 9. The largest absolute Gasteiger partial charge is 0.458 e. The minimum Gasteiger partial charge on any atom is -0.458 e. The fourth-order valence-electron chi connectivity index (χ4n) is 5.83. The molecule has 1 aromatic carbocycles. The van der Waals surface area contributed by atoms with Crippen molar-refractivity contribution in [3.05, 3.63) is 77.3 Å². The summed E-state index contributed by atoms with van der Waals surface area (Å²) >= 11 is 0. The molecule has 10 nitrogen and oxygen atoms in total. The maximum absolute atomic E-state index is 13.1. The molecule has 0 unspecified atom stereocenters. The molecule has 45 heavy (non-hydrogen) atoms. The highest BCUT2D eigenvalue weighted by molar-refractivity contribution is 5.94. The van der Waals surface area contributed by atoms with Crippen LogP contribution in [0.4, 0.5) is 17.5 Å². The van der Waals surface area contributed by atoms with Crippen LogP contribution in [-0.2, 0) is 27.2 Å². The molecule has 2 aromatic heterocycles. The molecular weight excluding hydrogens is 566 g/mol. The number of fused-ring (bicyclic) bond motifs is 1. The number of aryl methyl sites for hydroxylation is 1. The van der Waals surface area contributed by atoms with Gasteiger partial charge >= 0.3 is 5.97 Å². The van der Waals surface area contributed by atoms with Gasteiger partial charge in [-0.1, -0.05) is 43.3 Å². The summed E-state index contributed by atoms with van der Waals surface area (Å²) < 4.78 is 5.64. The minimum atomic E-state index is -0.922. The Kier molecular flexibility index (Phi) is 10.3. The van der Waals surface area contributed by atoms with Crippen LogP contribution in [0.3, 0.4) is 0 Å². The number of ether oxygens (including phenoxy) is 1. The average molecular weight is 612 g/mol. The van der Waals surface area contributed by atoms with Gasteiger partial charge in [0.1, 0.15) is 35.4 Å². The van der Waals surface area contributed by atoms with Crippen LogP contribution in [0.2, 0.25) is 0 Å². The molecule has 3 aromatic rings. The van der Waals surface area contributed by atoms with Crippen LogP contribution in [0.15, 0.2) is 54.9 Å². The standard InChI is InChI=1S/C35H45N7O3/c1-5-27-32(37-22-29(34(44)45-35(2,3)4)40-30(43)16-13-24-10-7-6-8-11-24)38-23-39-33(27)42-20-17-25(18-21-42)28-15-14-26-12-9-19-36-31(26)41-28/h6-8,10-11,13-16,23,25,29H,5,9,12,17-22H2,1-4H3,(H,36,41)(H,40,43)(H,37,38,39)/b16-13+/t29-/m0/s1. The van der Waals surface area contributed by atoms with Crippen molar-refractivity contribution in [2.24, 2.45) is 0 Å². The summed E-state index contributed by atoms with van der Waals surface area (Å²) in [6.07, 6.45) is 9.63. The molecule has 1 saturated heterocycles. The van der Waals surface area contributed by atoms with Crippen LogP contribution in [0.25, 0.3) is 6.08 Å². The Balaban J connectivity index is 1.25. The number of benzene rings is 1. The van der Waals surface area contributed by atoms with Gasteiger partial charge in [-0.15, -0.1) is 0 Å². The topological polar surface area (TPSA) is 121 Å². The number of rotatable bonds is 10. The number of pyridine rings is 1. The van der Waals surface area contributed by atoms with Gasteiger partial charge in [-0.25, -0.2) is 19.7 Å². The highest BCUT2D eigenvalue weighted by atomic mass is 16.6. The lowest BCUT2D eigenvalue weighted by atomic mass is 9.92. The van der Waals surface area contributed by atoms with Gasteiger partial charge in [0.25, 0.3) is 0 Å². The maximum Gasteiger partial charge on any atom is 0.331 e. The zero-order valence-corrected chi connectivity index (χ0v) is 26.8. The van der Waals surface area contributed by atoms with Crippen molar-refractivity contribution in [1.29, 1.82) is 0 Å². The molecule has 2 aliphatic heterocycles. The van der Waals surface area contributed by atoms with Gasteiger partial charge in [0, 0.05) is 49.4 Å². The van der Waals surface area contributed by atoms with Crippen molar-refractivity contribution in [3.8, 4) is 0 Å². The Morgan fingerprint density at radius 2 is 1.89 bits per heavy atom. The van der Waals surface area contributed by atoms with Gasteiger partial charge in [-0.2, -0.15) is 0 Å². The van der Waals surface area contributed by atoms with E-state index in [9.17, 15) is 9.59 Å². The van der Waals surface area contributed by atoms with E-state index in [1.807, 2.05) is 30.3 Å². The first-order valence-corrected chi connectivity index (χ1v) is 16.0. The maximum atomic E-state index is 13.1. The molecule has 0 saturated carbocycles. The van der Waals surface area contributed by atoms with Gasteiger partial charge in [0.15, 0.2) is 0 Å². The van der Waals surface area contributed by atoms with E-state index in [0.29, 0.717) is 18.2 Å². The average Bonchev–Trinajstić information content (AvgIpc) is 3.05. The smallest absolute Gasteiger partial charge is 0.331 e. The van der Waals surface area contributed by atoms with E-state index in [2.05, 4.69) is 49.9 Å². The van der Waals surface area contributed by atoms with Crippen LogP contribution in [0.5, 0.6) is 0 Å². The zero-order valence-electron chi connectivity index (χ0n) is 26.8. The van der Waals surface area contributed by atoms with Gasteiger partial charge in [-0.3, -0.25) is 4.79 Å². The van der Waals surface area contributed by atoms with Gasteiger partial charge in [0.2, 0.25) is 5.91 Å². The number of nitrogens with zero attached hydrogens (tertiary/aromatic N) is 4. The normalized spacial score (nSPS) is 16.0. The third-order valence-electron chi connectivity index (χ3n) is 8.11. The molecule has 0 bridgehead atoms. The monoisotopic (exact) mass is 611 g/mol. The molecule has 1 amide bonds. The predicted molar refractivity (Wildman–Crippen MR) is 178 cm³/mol. The Labute approximate surface area is 266 Å². The Hall–Kier alpha value is -4.47. The number of esters is 1. The summed E-state index contributed by atoms with van der Waals surface area (Å²) in [7, 11) is 0. The van der Waals surface area contributed by atoms with E-state index in [-0.39, 0.29) is 12.5 Å². The fourth-order valence-corrected chi connectivity index (χ4v) is 5.83. The molecule has 1 atom stereocenters. The number of piperidine rings is 1. The quantitative estimate of drug-likeness (QED) is 0.212. The summed E-state index contributed by atoms with van der Waals surface area (Å²) in [6, 6.07) is 13.0. The highest BCUT2D eigenvalue weighted by Crippen LogP contribution is 2.33. The molecule has 1 fully saturated rings. The molecule has 0 spiro atoms. The van der Waals surface area contributed by atoms with E-state index in [0.717, 1.165) is 73.8 Å². The van der Waals surface area contributed by atoms with Crippen LogP contribution in [0.1, 0.15) is 75.3 Å². The first-order chi connectivity index (χ1) is 21.7. The predicted octanol–water partition coefficient (Wildman–Crippen LogP) is 5.13. The number of anilines is 3. The number of amides is 1. The van der Waals surface area contributed by atoms with Crippen molar-refractivity contribution in [3.63, 3.8) is 0 Å². The lowest BCUT2D eigenvalue weighted by molar-refractivity contribution is -0.157. The van der Waals surface area contributed by atoms with Crippen molar-refractivity contribution in [2.45, 2.75) is 77.4 Å². The third kappa shape index (κ3) is 8.59. The van der Waals surface area contributed by atoms with Gasteiger partial charge in [-0.05, 0) is 76.1 Å². The molecule has 2 aliphatic rings. The van der Waals surface area contributed by atoms with Crippen molar-refractivity contribution >= 4 is 35.4 Å². The second-order valence-electron chi connectivity index (χ2n) is 12.6. The first kappa shape index (κ1) is 31.9. The van der Waals surface area contributed by atoms with E-state index in [4.69, 9.17) is 9.72 Å². The van der Waals surface area contributed by atoms with E-state index in [1.54, 1.807) is 33.2 Å². The number of carbonyl (C=O) groups excluding carboxylic acids is 2. The molecule has 3 N–H and O–H groups in total. The first-order valence-electron chi connectivity index (χ1n) is 16.0. The second-order valence-corrected chi connectivity index (χ2v) is 12.6. The second kappa shape index (κ2) is 14.5. The van der Waals surface area contributed by atoms with E-state index in [1.165, 1.54) is 11.6 Å². The Morgan fingerprint density at radius 3 is 2.62 bits per heavy atom. The molecule has 238 valence electrons. The summed E-state index contributed by atoms with van der Waals surface area (Å²) in [5, 5.41) is 9.58. The summed E-state index contributed by atoms with van der Waals surface area (Å²) in [5.74, 6) is 2.11. The number of hydrogen-bond donors (Lipinski definition) is 3. The van der Waals surface area contributed by atoms with Crippen molar-refractivity contribution in [2.75, 3.05) is 41.7 Å². The van der Waals surface area contributed by atoms with Crippen LogP contribution in [0, 0.1) is 0 Å². The number of nitrogens with one attached hydrogen (secondary N) is 3. The highest BCUT2D eigenvalue weighted by Gasteiger charge is 2.28. The van der Waals surface area contributed by atoms with Crippen LogP contribution >= 0.6 is 0 Å². The molecule has 4 heterocycles. The molecule has 5 rings (SSSR count). The van der Waals surface area contributed by atoms with E-state index >= 15 is 0 Å². The van der Waals surface area contributed by atoms with Crippen molar-refractivity contribution < 1.29 is 14.3 Å². The summed E-state index contributed by atoms with van der Waals surface area (Å²) in [5.41, 5.74) is 3.64. The van der Waals surface area contributed by atoms with Crippen LogP contribution < -0.4 is 20.9 Å². The molecule has 0 radical (unpaired) electrons. The number of carbonyl (C=O) groups is 2. The van der Waals surface area contributed by atoms with Gasteiger partial charge < -0.3 is 25.6 Å². The minimum absolute atomic E-state index is 0.114. The summed E-state index contributed by atoms with van der Waals surface area (Å²) in [6.45, 7) is 10.3. The summed E-state index contributed by atoms with van der Waals surface area (Å²) in [4.78, 5) is 42.4. The lowest BCUT2D eigenvalue weighted by Gasteiger charge is -2.34. The third-order valence-corrected chi connectivity index (χ3v) is 8.11. The fraction of sp³-hybridized carbons (Fsp3) is 0.457. The number of aromatic nitrogens is 3. The molecular formula is C35H45N7O3. The zero-order chi connectivity index (χ0) is 31.8. The lowest BCUT2D eigenvalue weighted by Crippen LogP contribution is -2.47. The van der Waals surface area contributed by atoms with E-state index < -0.39 is 17.6 Å². The molecule has 0 aliphatic carbocycles. The SMILES string of the molecule is CCc1c(NC[C@H](NC(=O)/C=C/c2ccccc2)C(=O)OC(C)(C)C)ncnc1N1CCC(c2ccc3c(n2)NCCC3)CC1. The van der Waals surface area contributed by atoms with Crippen molar-refractivity contribution in [1.82, 2.24) is 20.3 Å². The van der Waals surface area contributed by atoms with Crippen LogP contribution in [-0.4, -0.2) is 64.7 Å². The molecule has 10 heteroatoms. The Bertz CT molecular complexity index is 1490.